The molecule has 0 aliphatic rings. The lowest BCUT2D eigenvalue weighted by Gasteiger charge is -2.19. The van der Waals surface area contributed by atoms with Crippen LogP contribution in [0.3, 0.4) is 0 Å². The topological polar surface area (TPSA) is 43.6 Å². The SMILES string of the molecule is CC(C)(C)c1ccc2c(c1)c1cc(C(C)(C)C)ccc1n2-c1nc(-c2cccc(Br)c2)nc(-c2cccc(Br)c2)n1. The van der Waals surface area contributed by atoms with Gasteiger partial charge in [0.25, 0.3) is 0 Å². The van der Waals surface area contributed by atoms with Gasteiger partial charge >= 0.3 is 0 Å². The molecular formula is C35H32Br2N4. The van der Waals surface area contributed by atoms with Gasteiger partial charge in [-0.1, -0.05) is 110 Å². The van der Waals surface area contributed by atoms with Crippen molar-refractivity contribution in [2.45, 2.75) is 52.4 Å². The molecule has 0 N–H and O–H groups in total. The number of benzene rings is 4. The maximum Gasteiger partial charge on any atom is 0.238 e. The number of hydrogen-bond donors (Lipinski definition) is 0. The van der Waals surface area contributed by atoms with Gasteiger partial charge in [0.05, 0.1) is 11.0 Å². The van der Waals surface area contributed by atoms with Gasteiger partial charge in [0, 0.05) is 30.8 Å². The number of aromatic nitrogens is 4. The largest absolute Gasteiger partial charge is 0.278 e. The Morgan fingerprint density at radius 2 is 0.976 bits per heavy atom. The molecule has 4 nitrogen and oxygen atoms in total. The molecule has 0 radical (unpaired) electrons. The van der Waals surface area contributed by atoms with Gasteiger partial charge in [-0.25, -0.2) is 4.98 Å². The van der Waals surface area contributed by atoms with Crippen LogP contribution in [-0.2, 0) is 10.8 Å². The van der Waals surface area contributed by atoms with Gasteiger partial charge in [-0.15, -0.1) is 0 Å². The molecular weight excluding hydrogens is 636 g/mol. The van der Waals surface area contributed by atoms with E-state index in [1.165, 1.54) is 21.9 Å². The fourth-order valence-corrected chi connectivity index (χ4v) is 5.95. The maximum atomic E-state index is 5.09. The summed E-state index contributed by atoms with van der Waals surface area (Å²) in [5, 5.41) is 2.40. The van der Waals surface area contributed by atoms with Crippen molar-refractivity contribution < 1.29 is 0 Å². The van der Waals surface area contributed by atoms with Crippen molar-refractivity contribution in [1.29, 1.82) is 0 Å². The molecule has 0 fully saturated rings. The molecule has 4 aromatic carbocycles. The molecule has 206 valence electrons. The first-order valence-electron chi connectivity index (χ1n) is 13.8. The average molecular weight is 668 g/mol. The second-order valence-corrected chi connectivity index (χ2v) is 14.4. The third-order valence-electron chi connectivity index (χ3n) is 7.49. The summed E-state index contributed by atoms with van der Waals surface area (Å²) in [6, 6.07) is 29.7. The minimum Gasteiger partial charge on any atom is -0.278 e. The van der Waals surface area contributed by atoms with Gasteiger partial charge in [-0.05, 0) is 70.5 Å². The molecule has 6 heteroatoms. The molecule has 0 aliphatic heterocycles. The predicted octanol–water partition coefficient (Wildman–Crippen LogP) is 10.4. The van der Waals surface area contributed by atoms with Crippen LogP contribution >= 0.6 is 31.9 Å². The van der Waals surface area contributed by atoms with Crippen LogP contribution in [0.1, 0.15) is 52.7 Å². The third-order valence-corrected chi connectivity index (χ3v) is 8.47. The third kappa shape index (κ3) is 5.35. The number of rotatable bonds is 3. The summed E-state index contributed by atoms with van der Waals surface area (Å²) in [6.07, 6.45) is 0. The van der Waals surface area contributed by atoms with Crippen LogP contribution in [0.5, 0.6) is 0 Å². The lowest BCUT2D eigenvalue weighted by Crippen LogP contribution is -2.10. The van der Waals surface area contributed by atoms with Crippen molar-refractivity contribution in [3.05, 3.63) is 105 Å². The Kier molecular flexibility index (Phi) is 6.90. The molecule has 0 unspecified atom stereocenters. The monoisotopic (exact) mass is 666 g/mol. The van der Waals surface area contributed by atoms with Crippen molar-refractivity contribution in [3.8, 4) is 28.7 Å². The Balaban J connectivity index is 1.70. The van der Waals surface area contributed by atoms with E-state index >= 15 is 0 Å². The summed E-state index contributed by atoms with van der Waals surface area (Å²) in [7, 11) is 0. The molecule has 2 heterocycles. The first kappa shape index (κ1) is 27.8. The normalized spacial score (nSPS) is 12.4. The molecule has 0 atom stereocenters. The highest BCUT2D eigenvalue weighted by molar-refractivity contribution is 9.10. The Morgan fingerprint density at radius 3 is 1.37 bits per heavy atom. The Labute approximate surface area is 258 Å². The maximum absolute atomic E-state index is 5.09. The van der Waals surface area contributed by atoms with Gasteiger partial charge in [0.2, 0.25) is 5.95 Å². The Bertz CT molecular complexity index is 1810. The lowest BCUT2D eigenvalue weighted by atomic mass is 9.85. The summed E-state index contributed by atoms with van der Waals surface area (Å²) >= 11 is 7.24. The number of halogens is 2. The van der Waals surface area contributed by atoms with Gasteiger partial charge in [-0.3, -0.25) is 4.57 Å². The second kappa shape index (κ2) is 10.2. The summed E-state index contributed by atoms with van der Waals surface area (Å²) in [5.74, 6) is 1.84. The quantitative estimate of drug-likeness (QED) is 0.189. The van der Waals surface area contributed by atoms with Gasteiger partial charge in [0.1, 0.15) is 0 Å². The van der Waals surface area contributed by atoms with Crippen molar-refractivity contribution in [2.75, 3.05) is 0 Å². The minimum atomic E-state index is 0.0269. The highest BCUT2D eigenvalue weighted by atomic mass is 79.9. The molecule has 0 saturated heterocycles. The first-order valence-corrected chi connectivity index (χ1v) is 15.3. The molecule has 0 saturated carbocycles. The predicted molar refractivity (Wildman–Crippen MR) is 178 cm³/mol. The molecule has 41 heavy (non-hydrogen) atoms. The second-order valence-electron chi connectivity index (χ2n) is 12.6. The zero-order valence-electron chi connectivity index (χ0n) is 24.1. The Morgan fingerprint density at radius 1 is 0.537 bits per heavy atom. The van der Waals surface area contributed by atoms with Gasteiger partial charge < -0.3 is 0 Å². The standard InChI is InChI=1S/C35H32Br2N4/c1-34(2,3)23-13-15-29-27(19-23)28-20-24(35(4,5)6)14-16-30(28)41(29)33-39-31(21-9-7-11-25(36)17-21)38-32(40-33)22-10-8-12-26(37)18-22/h7-20H,1-6H3. The molecule has 0 spiro atoms. The minimum absolute atomic E-state index is 0.0269. The zero-order valence-corrected chi connectivity index (χ0v) is 27.3. The summed E-state index contributed by atoms with van der Waals surface area (Å²) in [4.78, 5) is 15.1. The lowest BCUT2D eigenvalue weighted by molar-refractivity contribution is 0.590. The van der Waals surface area contributed by atoms with E-state index in [0.717, 1.165) is 31.1 Å². The van der Waals surface area contributed by atoms with E-state index in [1.807, 2.05) is 48.5 Å². The molecule has 0 bridgehead atoms. The van der Waals surface area contributed by atoms with Crippen LogP contribution in [0.15, 0.2) is 93.9 Å². The van der Waals surface area contributed by atoms with E-state index in [1.54, 1.807) is 0 Å². The van der Waals surface area contributed by atoms with Crippen LogP contribution in [0.2, 0.25) is 0 Å². The number of hydrogen-bond acceptors (Lipinski definition) is 3. The average Bonchev–Trinajstić information content (AvgIpc) is 3.25. The summed E-state index contributed by atoms with van der Waals surface area (Å²) in [5.41, 5.74) is 6.64. The van der Waals surface area contributed by atoms with Crippen molar-refractivity contribution in [2.24, 2.45) is 0 Å². The van der Waals surface area contributed by atoms with Crippen molar-refractivity contribution in [3.63, 3.8) is 0 Å². The van der Waals surface area contributed by atoms with Crippen LogP contribution < -0.4 is 0 Å². The number of fused-ring (bicyclic) bond motifs is 3. The van der Waals surface area contributed by atoms with E-state index in [2.05, 4.69) is 114 Å². The van der Waals surface area contributed by atoms with Crippen molar-refractivity contribution >= 4 is 53.7 Å². The van der Waals surface area contributed by atoms with Crippen LogP contribution in [0, 0.1) is 0 Å². The van der Waals surface area contributed by atoms with Crippen molar-refractivity contribution in [1.82, 2.24) is 19.5 Å². The molecule has 0 amide bonds. The van der Waals surface area contributed by atoms with Crippen LogP contribution in [-0.4, -0.2) is 19.5 Å². The van der Waals surface area contributed by atoms with E-state index in [9.17, 15) is 0 Å². The number of nitrogens with zero attached hydrogens (tertiary/aromatic N) is 4. The molecule has 2 aromatic heterocycles. The van der Waals surface area contributed by atoms with E-state index < -0.39 is 0 Å². The molecule has 6 aromatic rings. The highest BCUT2D eigenvalue weighted by Crippen LogP contribution is 2.37. The zero-order chi connectivity index (χ0) is 29.1. The van der Waals surface area contributed by atoms with Gasteiger partial charge in [-0.2, -0.15) is 9.97 Å². The summed E-state index contributed by atoms with van der Waals surface area (Å²) in [6.45, 7) is 13.6. The Hall–Kier alpha value is -3.35. The van der Waals surface area contributed by atoms with E-state index in [-0.39, 0.29) is 10.8 Å². The molecule has 0 aliphatic carbocycles. The van der Waals surface area contributed by atoms with E-state index in [4.69, 9.17) is 15.0 Å². The molecule has 6 rings (SSSR count). The van der Waals surface area contributed by atoms with Crippen LogP contribution in [0.4, 0.5) is 0 Å². The fourth-order valence-electron chi connectivity index (χ4n) is 5.15. The van der Waals surface area contributed by atoms with Crippen LogP contribution in [0.25, 0.3) is 50.5 Å². The van der Waals surface area contributed by atoms with Gasteiger partial charge in [0.15, 0.2) is 11.6 Å². The summed E-state index contributed by atoms with van der Waals surface area (Å²) < 4.78 is 4.14. The van der Waals surface area contributed by atoms with E-state index in [0.29, 0.717) is 17.6 Å². The smallest absolute Gasteiger partial charge is 0.238 e. The highest BCUT2D eigenvalue weighted by Gasteiger charge is 2.22. The first-order chi connectivity index (χ1) is 19.4. The fraction of sp³-hybridized carbons (Fsp3) is 0.229.